The molecule has 2 aromatic rings. The van der Waals surface area contributed by atoms with Crippen LogP contribution in [0.3, 0.4) is 0 Å². The van der Waals surface area contributed by atoms with Crippen molar-refractivity contribution in [3.05, 3.63) is 35.5 Å². The van der Waals surface area contributed by atoms with Gasteiger partial charge in [-0.1, -0.05) is 26.8 Å². The van der Waals surface area contributed by atoms with Gasteiger partial charge in [0.05, 0.1) is 29.2 Å². The highest BCUT2D eigenvalue weighted by Gasteiger charge is 2.65. The van der Waals surface area contributed by atoms with Gasteiger partial charge < -0.3 is 15.3 Å². The average molecular weight is 525 g/mol. The lowest BCUT2D eigenvalue weighted by molar-refractivity contribution is -0.207. The van der Waals surface area contributed by atoms with E-state index in [4.69, 9.17) is 0 Å². The molecule has 4 aliphatic rings. The minimum absolute atomic E-state index is 0.0978. The Hall–Kier alpha value is -1.63. The van der Waals surface area contributed by atoms with E-state index in [2.05, 4.69) is 30.7 Å². The van der Waals surface area contributed by atoms with E-state index in [1.54, 1.807) is 19.2 Å². The summed E-state index contributed by atoms with van der Waals surface area (Å²) in [5.74, 6) is 2.50. The Bertz CT molecular complexity index is 1210. The van der Waals surface area contributed by atoms with Crippen molar-refractivity contribution in [2.24, 2.45) is 46.3 Å². The molecule has 0 spiro atoms. The number of hydrogen-bond donors (Lipinski definition) is 3. The molecule has 11 atom stereocenters. The van der Waals surface area contributed by atoms with Gasteiger partial charge in [-0.25, -0.2) is 14.4 Å². The first-order valence-electron chi connectivity index (χ1n) is 15.0. The Balaban J connectivity index is 1.20. The fourth-order valence-electron chi connectivity index (χ4n) is 10.0. The molecule has 1 aromatic heterocycles. The molecular weight excluding hydrogens is 479 g/mol. The summed E-state index contributed by atoms with van der Waals surface area (Å²) in [5.41, 5.74) is 1.15. The van der Waals surface area contributed by atoms with Crippen LogP contribution in [0, 0.1) is 59.1 Å². The molecule has 3 N–H and O–H groups in total. The summed E-state index contributed by atoms with van der Waals surface area (Å²) >= 11 is 0. The zero-order valence-electron chi connectivity index (χ0n) is 23.4. The second kappa shape index (κ2) is 9.49. The third-order valence-corrected chi connectivity index (χ3v) is 12.3. The van der Waals surface area contributed by atoms with Gasteiger partial charge in [0.2, 0.25) is 0 Å². The molecule has 6 heteroatoms. The molecule has 4 fully saturated rings. The van der Waals surface area contributed by atoms with Crippen molar-refractivity contribution in [1.82, 2.24) is 9.97 Å². The second-order valence-electron chi connectivity index (χ2n) is 14.0. The van der Waals surface area contributed by atoms with Crippen LogP contribution in [0.4, 0.5) is 4.39 Å². The molecule has 4 aliphatic carbocycles. The maximum absolute atomic E-state index is 14.4. The van der Waals surface area contributed by atoms with Gasteiger partial charge in [-0.3, -0.25) is 0 Å². The number of benzene rings is 1. The molecule has 1 aromatic carbocycles. The number of rotatable bonds is 4. The number of aliphatic hydroxyl groups is 3. The molecule has 0 radical (unpaired) electrons. The molecule has 0 bridgehead atoms. The molecule has 0 amide bonds. The van der Waals surface area contributed by atoms with Crippen LogP contribution in [0.15, 0.2) is 18.3 Å². The standard InChI is InChI=1S/C32H45FN2O3/c1-17(6-10-28-34-16-21-25(35-28)9-5-18(2)30(21)33)22-7-8-23-29-24(15-27(38)32(22,23)4)31(3)12-11-20(36)13-19(31)14-26(29)37/h5,9,16-17,19-20,22-24,26-27,29,36-38H,6-8,10-15H2,1-4H3/t17-,19+,20-,22-,23+,24?,26-,27+,29+,31+,32-/m1/s1. The highest BCUT2D eigenvalue weighted by atomic mass is 19.1. The Morgan fingerprint density at radius 3 is 2.63 bits per heavy atom. The Morgan fingerprint density at radius 1 is 1.05 bits per heavy atom. The predicted molar refractivity (Wildman–Crippen MR) is 146 cm³/mol. The molecule has 6 rings (SSSR count). The maximum Gasteiger partial charge on any atom is 0.137 e. The monoisotopic (exact) mass is 524 g/mol. The quantitative estimate of drug-likeness (QED) is 0.484. The van der Waals surface area contributed by atoms with Gasteiger partial charge in [0, 0.05) is 12.6 Å². The van der Waals surface area contributed by atoms with Gasteiger partial charge in [0.1, 0.15) is 11.6 Å². The number of hydrogen-bond acceptors (Lipinski definition) is 5. The summed E-state index contributed by atoms with van der Waals surface area (Å²) in [6.07, 6.45) is 8.63. The van der Waals surface area contributed by atoms with Gasteiger partial charge in [-0.2, -0.15) is 0 Å². The number of aryl methyl sites for hydroxylation is 2. The van der Waals surface area contributed by atoms with E-state index in [0.29, 0.717) is 46.1 Å². The third kappa shape index (κ3) is 3.96. The highest BCUT2D eigenvalue weighted by Crippen LogP contribution is 2.68. The van der Waals surface area contributed by atoms with Crippen LogP contribution in [0.1, 0.15) is 83.5 Å². The number of nitrogens with zero attached hydrogens (tertiary/aromatic N) is 2. The maximum atomic E-state index is 14.4. The summed E-state index contributed by atoms with van der Waals surface area (Å²) in [6.45, 7) is 8.75. The molecule has 1 unspecified atom stereocenters. The van der Waals surface area contributed by atoms with Crippen LogP contribution in [0.2, 0.25) is 0 Å². The van der Waals surface area contributed by atoms with Crippen LogP contribution in [0.5, 0.6) is 0 Å². The number of halogens is 1. The van der Waals surface area contributed by atoms with Crippen molar-refractivity contribution < 1.29 is 19.7 Å². The van der Waals surface area contributed by atoms with Crippen LogP contribution in [-0.2, 0) is 6.42 Å². The van der Waals surface area contributed by atoms with E-state index >= 15 is 0 Å². The third-order valence-electron chi connectivity index (χ3n) is 12.3. The van der Waals surface area contributed by atoms with Crippen molar-refractivity contribution in [2.45, 2.75) is 104 Å². The number of fused-ring (bicyclic) bond motifs is 6. The van der Waals surface area contributed by atoms with E-state index in [1.807, 2.05) is 6.07 Å². The van der Waals surface area contributed by atoms with Gasteiger partial charge >= 0.3 is 0 Å². The van der Waals surface area contributed by atoms with Crippen molar-refractivity contribution in [1.29, 1.82) is 0 Å². The SMILES string of the molecule is Cc1ccc2nc(CC[C@@H](C)[C@H]3CC[C@H]4[C@H]5C(C[C@H](O)[C@]34C)[C@@]3(C)CC[C@@H](O)C[C@H]3C[C@H]5O)ncc2c1F. The normalized spacial score (nSPS) is 43.4. The zero-order chi connectivity index (χ0) is 27.0. The van der Waals surface area contributed by atoms with Gasteiger partial charge in [-0.05, 0) is 116 Å². The van der Waals surface area contributed by atoms with Crippen molar-refractivity contribution in [3.63, 3.8) is 0 Å². The molecule has 0 saturated heterocycles. The lowest BCUT2D eigenvalue weighted by Gasteiger charge is -2.63. The first kappa shape index (κ1) is 26.6. The fourth-order valence-corrected chi connectivity index (χ4v) is 10.0. The molecular formula is C32H45FN2O3. The Labute approximate surface area is 226 Å². The lowest BCUT2D eigenvalue weighted by Crippen LogP contribution is -2.62. The summed E-state index contributed by atoms with van der Waals surface area (Å²) in [5, 5.41) is 34.1. The molecule has 4 saturated carbocycles. The fraction of sp³-hybridized carbons (Fsp3) is 0.750. The van der Waals surface area contributed by atoms with Crippen LogP contribution in [-0.4, -0.2) is 43.6 Å². The number of aliphatic hydroxyl groups excluding tert-OH is 3. The minimum Gasteiger partial charge on any atom is -0.393 e. The smallest absolute Gasteiger partial charge is 0.137 e. The minimum atomic E-state index is -0.374. The average Bonchev–Trinajstić information content (AvgIpc) is 3.25. The van der Waals surface area contributed by atoms with E-state index < -0.39 is 0 Å². The first-order valence-corrected chi connectivity index (χ1v) is 15.0. The van der Waals surface area contributed by atoms with Gasteiger partial charge in [0.15, 0.2) is 0 Å². The molecule has 5 nitrogen and oxygen atoms in total. The van der Waals surface area contributed by atoms with Crippen molar-refractivity contribution >= 4 is 10.9 Å². The molecule has 1 heterocycles. The predicted octanol–water partition coefficient (Wildman–Crippen LogP) is 5.61. The van der Waals surface area contributed by atoms with Gasteiger partial charge in [-0.15, -0.1) is 0 Å². The lowest BCUT2D eigenvalue weighted by atomic mass is 9.43. The largest absolute Gasteiger partial charge is 0.393 e. The Morgan fingerprint density at radius 2 is 1.84 bits per heavy atom. The van der Waals surface area contributed by atoms with E-state index in [1.165, 1.54) is 0 Å². The highest BCUT2D eigenvalue weighted by molar-refractivity contribution is 5.79. The van der Waals surface area contributed by atoms with Gasteiger partial charge in [0.25, 0.3) is 0 Å². The second-order valence-corrected chi connectivity index (χ2v) is 14.0. The number of aromatic nitrogens is 2. The topological polar surface area (TPSA) is 86.5 Å². The molecule has 0 aliphatic heterocycles. The van der Waals surface area contributed by atoms with E-state index in [9.17, 15) is 19.7 Å². The van der Waals surface area contributed by atoms with Crippen molar-refractivity contribution in [3.8, 4) is 0 Å². The zero-order valence-corrected chi connectivity index (χ0v) is 23.4. The summed E-state index contributed by atoms with van der Waals surface area (Å²) < 4.78 is 14.4. The summed E-state index contributed by atoms with van der Waals surface area (Å²) in [4.78, 5) is 9.14. The Kier molecular flexibility index (Phi) is 6.64. The summed E-state index contributed by atoms with van der Waals surface area (Å²) in [7, 11) is 0. The molecule has 38 heavy (non-hydrogen) atoms. The first-order chi connectivity index (χ1) is 18.0. The van der Waals surface area contributed by atoms with Crippen molar-refractivity contribution in [2.75, 3.05) is 0 Å². The van der Waals surface area contributed by atoms with E-state index in [-0.39, 0.29) is 40.9 Å². The summed E-state index contributed by atoms with van der Waals surface area (Å²) in [6, 6.07) is 3.64. The van der Waals surface area contributed by atoms with Crippen LogP contribution >= 0.6 is 0 Å². The van der Waals surface area contributed by atoms with E-state index in [0.717, 1.165) is 63.6 Å². The van der Waals surface area contributed by atoms with Crippen LogP contribution in [0.25, 0.3) is 10.9 Å². The van der Waals surface area contributed by atoms with Crippen LogP contribution < -0.4 is 0 Å². The molecule has 208 valence electrons.